The number of hydrogen-bond acceptors (Lipinski definition) is 3. The Morgan fingerprint density at radius 2 is 1.69 bits per heavy atom. The van der Waals surface area contributed by atoms with E-state index >= 15 is 0 Å². The smallest absolute Gasteiger partial charge is 0.262 e. The molecule has 4 nitrogen and oxygen atoms in total. The summed E-state index contributed by atoms with van der Waals surface area (Å²) in [6.07, 6.45) is 0. The number of nitrogens with zero attached hydrogens (tertiary/aromatic N) is 1. The molecule has 1 N–H and O–H groups in total. The maximum atomic E-state index is 13.8. The molecule has 0 saturated carbocycles. The van der Waals surface area contributed by atoms with E-state index in [0.29, 0.717) is 28.0 Å². The van der Waals surface area contributed by atoms with Gasteiger partial charge in [-0.25, -0.2) is 13.8 Å². The first-order chi connectivity index (χ1) is 14.1. The normalized spacial score (nSPS) is 10.7. The van der Waals surface area contributed by atoms with Crippen molar-refractivity contribution in [3.05, 3.63) is 90.5 Å². The van der Waals surface area contributed by atoms with Gasteiger partial charge in [0, 0.05) is 22.7 Å². The summed E-state index contributed by atoms with van der Waals surface area (Å²) in [4.78, 5) is 16.8. The number of ether oxygens (including phenoxy) is 1. The van der Waals surface area contributed by atoms with Gasteiger partial charge in [-0.15, -0.1) is 0 Å². The number of carbonyl (C=O) groups is 1. The van der Waals surface area contributed by atoms with E-state index in [1.807, 2.05) is 30.3 Å². The first-order valence-electron chi connectivity index (χ1n) is 8.92. The molecule has 0 atom stereocenters. The van der Waals surface area contributed by atoms with Gasteiger partial charge in [-0.1, -0.05) is 36.4 Å². The molecule has 0 bridgehead atoms. The van der Waals surface area contributed by atoms with E-state index in [1.165, 1.54) is 30.3 Å². The third-order valence-corrected chi connectivity index (χ3v) is 4.27. The Bertz CT molecular complexity index is 1180. The van der Waals surface area contributed by atoms with E-state index in [-0.39, 0.29) is 6.61 Å². The van der Waals surface area contributed by atoms with E-state index < -0.39 is 17.5 Å². The van der Waals surface area contributed by atoms with Gasteiger partial charge in [-0.2, -0.15) is 0 Å². The van der Waals surface area contributed by atoms with E-state index in [2.05, 4.69) is 10.3 Å². The van der Waals surface area contributed by atoms with E-state index in [1.54, 1.807) is 18.2 Å². The highest BCUT2D eigenvalue weighted by Gasteiger charge is 2.12. The first-order valence-corrected chi connectivity index (χ1v) is 8.92. The molecule has 0 radical (unpaired) electrons. The number of fused-ring (bicyclic) bond motifs is 1. The number of amides is 1. The highest BCUT2D eigenvalue weighted by Crippen LogP contribution is 2.30. The standard InChI is InChI=1S/C23H16F2N2O2/c24-16-7-4-8-18(11-16)26-23(28)14-29-22-13-21(15-5-2-1-3-6-15)27-20-10-9-17(25)12-19(20)22/h1-13H,14H2,(H,26,28). The molecule has 1 amide bonds. The number of aromatic nitrogens is 1. The fourth-order valence-corrected chi connectivity index (χ4v) is 2.95. The van der Waals surface area contributed by atoms with Crippen LogP contribution in [-0.4, -0.2) is 17.5 Å². The van der Waals surface area contributed by atoms with Gasteiger partial charge in [0.05, 0.1) is 11.2 Å². The number of nitrogens with one attached hydrogen (secondary N) is 1. The summed E-state index contributed by atoms with van der Waals surface area (Å²) in [5.41, 5.74) is 2.39. The summed E-state index contributed by atoms with van der Waals surface area (Å²) in [5, 5.41) is 3.03. The van der Waals surface area contributed by atoms with Crippen LogP contribution in [0.2, 0.25) is 0 Å². The quantitative estimate of drug-likeness (QED) is 0.510. The summed E-state index contributed by atoms with van der Waals surface area (Å²) in [6, 6.07) is 20.9. The lowest BCUT2D eigenvalue weighted by Gasteiger charge is -2.12. The molecule has 0 spiro atoms. The molecule has 0 saturated heterocycles. The number of halogens is 2. The molecule has 6 heteroatoms. The highest BCUT2D eigenvalue weighted by atomic mass is 19.1. The van der Waals surface area contributed by atoms with Crippen LogP contribution in [0, 0.1) is 11.6 Å². The molecular formula is C23H16F2N2O2. The van der Waals surface area contributed by atoms with Gasteiger partial charge in [0.2, 0.25) is 0 Å². The van der Waals surface area contributed by atoms with Crippen LogP contribution >= 0.6 is 0 Å². The molecule has 0 fully saturated rings. The monoisotopic (exact) mass is 390 g/mol. The number of carbonyl (C=O) groups excluding carboxylic acids is 1. The molecule has 1 aromatic heterocycles. The Labute approximate surface area is 165 Å². The van der Waals surface area contributed by atoms with Gasteiger partial charge < -0.3 is 10.1 Å². The summed E-state index contributed by atoms with van der Waals surface area (Å²) >= 11 is 0. The largest absolute Gasteiger partial charge is 0.483 e. The second kappa shape index (κ2) is 8.06. The minimum atomic E-state index is -0.460. The number of rotatable bonds is 5. The lowest BCUT2D eigenvalue weighted by atomic mass is 10.1. The molecule has 1 heterocycles. The molecule has 0 unspecified atom stereocenters. The highest BCUT2D eigenvalue weighted by molar-refractivity contribution is 5.93. The predicted molar refractivity (Wildman–Crippen MR) is 108 cm³/mol. The van der Waals surface area contributed by atoms with Crippen LogP contribution in [0.3, 0.4) is 0 Å². The summed E-state index contributed by atoms with van der Waals surface area (Å²) < 4.78 is 32.7. The van der Waals surface area contributed by atoms with Gasteiger partial charge in [-0.05, 0) is 36.4 Å². The Kier molecular flexibility index (Phi) is 5.16. The molecule has 0 aliphatic rings. The van der Waals surface area contributed by atoms with E-state index in [4.69, 9.17) is 4.74 Å². The van der Waals surface area contributed by atoms with Crippen LogP contribution in [0.25, 0.3) is 22.2 Å². The van der Waals surface area contributed by atoms with Crippen molar-refractivity contribution in [3.63, 3.8) is 0 Å². The zero-order valence-electron chi connectivity index (χ0n) is 15.2. The molecule has 0 aliphatic heterocycles. The van der Waals surface area contributed by atoms with Crippen LogP contribution in [0.1, 0.15) is 0 Å². The van der Waals surface area contributed by atoms with Crippen molar-refractivity contribution in [1.82, 2.24) is 4.98 Å². The Morgan fingerprint density at radius 3 is 2.48 bits per heavy atom. The topological polar surface area (TPSA) is 51.2 Å². The Morgan fingerprint density at radius 1 is 0.897 bits per heavy atom. The van der Waals surface area contributed by atoms with Crippen LogP contribution < -0.4 is 10.1 Å². The van der Waals surface area contributed by atoms with Crippen molar-refractivity contribution in [2.75, 3.05) is 11.9 Å². The van der Waals surface area contributed by atoms with Gasteiger partial charge in [0.1, 0.15) is 17.4 Å². The van der Waals surface area contributed by atoms with Crippen molar-refractivity contribution in [2.45, 2.75) is 0 Å². The Hall–Kier alpha value is -3.80. The third-order valence-electron chi connectivity index (χ3n) is 4.27. The van der Waals surface area contributed by atoms with Crippen molar-refractivity contribution in [2.24, 2.45) is 0 Å². The van der Waals surface area contributed by atoms with Crippen LogP contribution in [0.4, 0.5) is 14.5 Å². The fraction of sp³-hybridized carbons (Fsp3) is 0.0435. The van der Waals surface area contributed by atoms with Crippen molar-refractivity contribution >= 4 is 22.5 Å². The van der Waals surface area contributed by atoms with Crippen molar-refractivity contribution < 1.29 is 18.3 Å². The number of hydrogen-bond donors (Lipinski definition) is 1. The fourth-order valence-electron chi connectivity index (χ4n) is 2.95. The molecular weight excluding hydrogens is 374 g/mol. The SMILES string of the molecule is O=C(COc1cc(-c2ccccc2)nc2ccc(F)cc12)Nc1cccc(F)c1. The van der Waals surface area contributed by atoms with E-state index in [0.717, 1.165) is 5.56 Å². The minimum absolute atomic E-state index is 0.319. The average Bonchev–Trinajstić information content (AvgIpc) is 2.72. The molecule has 4 aromatic rings. The summed E-state index contributed by atoms with van der Waals surface area (Å²) in [6.45, 7) is -0.319. The predicted octanol–water partition coefficient (Wildman–Crippen LogP) is 5.20. The van der Waals surface area contributed by atoms with Gasteiger partial charge in [-0.3, -0.25) is 4.79 Å². The summed E-state index contributed by atoms with van der Waals surface area (Å²) in [7, 11) is 0. The second-order valence-corrected chi connectivity index (χ2v) is 6.38. The van der Waals surface area contributed by atoms with Crippen molar-refractivity contribution in [3.8, 4) is 17.0 Å². The lowest BCUT2D eigenvalue weighted by molar-refractivity contribution is -0.118. The number of anilines is 1. The van der Waals surface area contributed by atoms with Gasteiger partial charge >= 0.3 is 0 Å². The molecule has 144 valence electrons. The van der Waals surface area contributed by atoms with Crippen LogP contribution in [-0.2, 0) is 4.79 Å². The van der Waals surface area contributed by atoms with Crippen LogP contribution in [0.5, 0.6) is 5.75 Å². The third kappa shape index (κ3) is 4.38. The van der Waals surface area contributed by atoms with Crippen molar-refractivity contribution in [1.29, 1.82) is 0 Å². The van der Waals surface area contributed by atoms with Crippen LogP contribution in [0.15, 0.2) is 78.9 Å². The average molecular weight is 390 g/mol. The lowest BCUT2D eigenvalue weighted by Crippen LogP contribution is -2.20. The van der Waals surface area contributed by atoms with Gasteiger partial charge in [0.25, 0.3) is 5.91 Å². The second-order valence-electron chi connectivity index (χ2n) is 6.38. The number of benzene rings is 3. The first kappa shape index (κ1) is 18.6. The molecule has 29 heavy (non-hydrogen) atoms. The molecule has 4 rings (SSSR count). The van der Waals surface area contributed by atoms with Gasteiger partial charge in [0.15, 0.2) is 6.61 Å². The summed E-state index contributed by atoms with van der Waals surface area (Å²) in [5.74, 6) is -1.01. The minimum Gasteiger partial charge on any atom is -0.483 e. The zero-order valence-corrected chi connectivity index (χ0v) is 15.2. The van der Waals surface area contributed by atoms with E-state index in [9.17, 15) is 13.6 Å². The molecule has 0 aliphatic carbocycles. The number of pyridine rings is 1. The maximum absolute atomic E-state index is 13.8. The molecule has 3 aromatic carbocycles. The maximum Gasteiger partial charge on any atom is 0.262 e. The Balaban J connectivity index is 1.61. The zero-order chi connectivity index (χ0) is 20.2.